The maximum atomic E-state index is 12.6. The largest absolute Gasteiger partial charge is 0.330 e. The van der Waals surface area contributed by atoms with Gasteiger partial charge in [-0.05, 0) is 55.5 Å². The molecule has 3 rings (SSSR count). The van der Waals surface area contributed by atoms with Gasteiger partial charge in [-0.25, -0.2) is 0 Å². The van der Waals surface area contributed by atoms with Crippen molar-refractivity contribution in [3.8, 4) is 0 Å². The van der Waals surface area contributed by atoms with Crippen molar-refractivity contribution >= 4 is 5.78 Å². The minimum absolute atomic E-state index is 0.198. The molecule has 0 bridgehead atoms. The van der Waals surface area contributed by atoms with Crippen LogP contribution in [-0.2, 0) is 24.2 Å². The van der Waals surface area contributed by atoms with E-state index in [1.54, 1.807) is 0 Å². The molecule has 2 aromatic rings. The molecule has 1 heterocycles. The van der Waals surface area contributed by atoms with Crippen LogP contribution >= 0.6 is 0 Å². The summed E-state index contributed by atoms with van der Waals surface area (Å²) in [7, 11) is 0. The van der Waals surface area contributed by atoms with Crippen molar-refractivity contribution in [2.24, 2.45) is 11.7 Å². The molecule has 1 aliphatic rings. The molecule has 0 aliphatic carbocycles. The first-order chi connectivity index (χ1) is 12.7. The van der Waals surface area contributed by atoms with Gasteiger partial charge in [0.2, 0.25) is 0 Å². The Labute approximate surface area is 157 Å². The van der Waals surface area contributed by atoms with Crippen LogP contribution in [0.5, 0.6) is 0 Å². The number of piperidine rings is 1. The Morgan fingerprint density at radius 1 is 0.962 bits per heavy atom. The maximum Gasteiger partial charge on any atom is 0.137 e. The van der Waals surface area contributed by atoms with Crippen LogP contribution in [0.25, 0.3) is 0 Å². The Bertz CT molecular complexity index is 681. The van der Waals surface area contributed by atoms with E-state index in [-0.39, 0.29) is 5.92 Å². The highest BCUT2D eigenvalue weighted by atomic mass is 16.1. The van der Waals surface area contributed by atoms with Gasteiger partial charge in [0.05, 0.1) is 0 Å². The van der Waals surface area contributed by atoms with Crippen LogP contribution in [0.4, 0.5) is 0 Å². The molecular weight excluding hydrogens is 320 g/mol. The van der Waals surface area contributed by atoms with Gasteiger partial charge in [-0.3, -0.25) is 9.69 Å². The van der Waals surface area contributed by atoms with Gasteiger partial charge in [0.1, 0.15) is 5.78 Å². The van der Waals surface area contributed by atoms with Crippen LogP contribution in [0.3, 0.4) is 0 Å². The highest BCUT2D eigenvalue weighted by Gasteiger charge is 2.25. The Morgan fingerprint density at radius 2 is 1.65 bits per heavy atom. The lowest BCUT2D eigenvalue weighted by Crippen LogP contribution is -2.38. The number of aryl methyl sites for hydroxylation is 1. The van der Waals surface area contributed by atoms with Gasteiger partial charge in [-0.2, -0.15) is 0 Å². The van der Waals surface area contributed by atoms with Gasteiger partial charge >= 0.3 is 0 Å². The number of benzene rings is 2. The second-order valence-electron chi connectivity index (χ2n) is 7.38. The molecule has 1 saturated heterocycles. The number of carbonyl (C=O) groups is 1. The van der Waals surface area contributed by atoms with Crippen molar-refractivity contribution in [1.82, 2.24) is 4.90 Å². The van der Waals surface area contributed by atoms with Crippen LogP contribution < -0.4 is 5.73 Å². The molecular formula is C23H30N2O. The molecule has 138 valence electrons. The zero-order valence-corrected chi connectivity index (χ0v) is 15.6. The Balaban J connectivity index is 1.49. The summed E-state index contributed by atoms with van der Waals surface area (Å²) in [6, 6.07) is 19.1. The second kappa shape index (κ2) is 9.65. The normalized spacial score (nSPS) is 18.0. The maximum absolute atomic E-state index is 12.6. The number of Topliss-reactive ketones (excluding diaryl/α,β-unsaturated/α-hetero) is 1. The third kappa shape index (κ3) is 5.52. The Hall–Kier alpha value is -1.97. The number of rotatable bonds is 8. The molecule has 2 aromatic carbocycles. The molecule has 0 spiro atoms. The van der Waals surface area contributed by atoms with Crippen LogP contribution in [0, 0.1) is 5.92 Å². The summed E-state index contributed by atoms with van der Waals surface area (Å²) in [5.74, 6) is 0.626. The molecule has 0 aromatic heterocycles. The number of hydrogen-bond acceptors (Lipinski definition) is 3. The Kier molecular flexibility index (Phi) is 6.98. The van der Waals surface area contributed by atoms with E-state index in [9.17, 15) is 4.79 Å². The molecule has 1 aliphatic heterocycles. The number of carbonyl (C=O) groups excluding carboxylic acids is 1. The lowest BCUT2D eigenvalue weighted by molar-refractivity contribution is -0.124. The molecule has 3 heteroatoms. The number of likely N-dealkylation sites (tertiary alicyclic amines) is 1. The minimum Gasteiger partial charge on any atom is -0.330 e. The minimum atomic E-state index is 0.198. The standard InChI is InChI=1S/C23H30N2O/c24-15-14-20-8-10-21(11-9-20)17-25-16-4-7-22(18-25)23(26)13-12-19-5-2-1-3-6-19/h1-3,5-6,8-11,22H,4,7,12-18,24H2/t22-/m0/s1. The fourth-order valence-electron chi connectivity index (χ4n) is 3.81. The van der Waals surface area contributed by atoms with E-state index in [4.69, 9.17) is 5.73 Å². The predicted molar refractivity (Wildman–Crippen MR) is 107 cm³/mol. The van der Waals surface area contributed by atoms with Crippen LogP contribution in [0.2, 0.25) is 0 Å². The van der Waals surface area contributed by atoms with Gasteiger partial charge in [-0.15, -0.1) is 0 Å². The van der Waals surface area contributed by atoms with Crippen molar-refractivity contribution in [1.29, 1.82) is 0 Å². The van der Waals surface area contributed by atoms with Gasteiger partial charge < -0.3 is 5.73 Å². The summed E-state index contributed by atoms with van der Waals surface area (Å²) in [5.41, 5.74) is 9.49. The third-order valence-corrected chi connectivity index (χ3v) is 5.33. The van der Waals surface area contributed by atoms with Crippen LogP contribution in [0.15, 0.2) is 54.6 Å². The summed E-state index contributed by atoms with van der Waals surface area (Å²) < 4.78 is 0. The molecule has 26 heavy (non-hydrogen) atoms. The lowest BCUT2D eigenvalue weighted by Gasteiger charge is -2.32. The van der Waals surface area contributed by atoms with E-state index in [0.29, 0.717) is 18.7 Å². The molecule has 3 nitrogen and oxygen atoms in total. The molecule has 1 fully saturated rings. The lowest BCUT2D eigenvalue weighted by atomic mass is 9.90. The van der Waals surface area contributed by atoms with E-state index < -0.39 is 0 Å². The second-order valence-corrected chi connectivity index (χ2v) is 7.38. The smallest absolute Gasteiger partial charge is 0.137 e. The first-order valence-electron chi connectivity index (χ1n) is 9.81. The van der Waals surface area contributed by atoms with E-state index in [0.717, 1.165) is 45.3 Å². The molecule has 0 saturated carbocycles. The fraction of sp³-hybridized carbons (Fsp3) is 0.435. The first kappa shape index (κ1) is 18.8. The molecule has 0 unspecified atom stereocenters. The number of hydrogen-bond donors (Lipinski definition) is 1. The zero-order valence-electron chi connectivity index (χ0n) is 15.6. The van der Waals surface area contributed by atoms with Crippen molar-refractivity contribution in [2.75, 3.05) is 19.6 Å². The van der Waals surface area contributed by atoms with Crippen molar-refractivity contribution in [2.45, 2.75) is 38.6 Å². The topological polar surface area (TPSA) is 46.3 Å². The average molecular weight is 351 g/mol. The number of nitrogens with two attached hydrogens (primary N) is 1. The van der Waals surface area contributed by atoms with Gasteiger partial charge in [0, 0.05) is 25.4 Å². The van der Waals surface area contributed by atoms with Gasteiger partial charge in [0.15, 0.2) is 0 Å². The molecule has 0 amide bonds. The summed E-state index contributed by atoms with van der Waals surface area (Å²) >= 11 is 0. The third-order valence-electron chi connectivity index (χ3n) is 5.33. The monoisotopic (exact) mass is 350 g/mol. The summed E-state index contributed by atoms with van der Waals surface area (Å²) in [4.78, 5) is 15.1. The number of ketones is 1. The van der Waals surface area contributed by atoms with E-state index in [2.05, 4.69) is 41.3 Å². The SMILES string of the molecule is NCCc1ccc(CN2CCC[C@H](C(=O)CCc3ccccc3)C2)cc1. The summed E-state index contributed by atoms with van der Waals surface area (Å²) in [6.45, 7) is 3.62. The van der Waals surface area contributed by atoms with E-state index in [1.807, 2.05) is 18.2 Å². The van der Waals surface area contributed by atoms with Crippen LogP contribution in [0.1, 0.15) is 36.0 Å². The van der Waals surface area contributed by atoms with Crippen molar-refractivity contribution in [3.05, 3.63) is 71.3 Å². The highest BCUT2D eigenvalue weighted by Crippen LogP contribution is 2.21. The van der Waals surface area contributed by atoms with Crippen molar-refractivity contribution in [3.63, 3.8) is 0 Å². The van der Waals surface area contributed by atoms with Gasteiger partial charge in [0.25, 0.3) is 0 Å². The molecule has 1 atom stereocenters. The van der Waals surface area contributed by atoms with Gasteiger partial charge in [-0.1, -0.05) is 54.6 Å². The predicted octanol–water partition coefficient (Wildman–Crippen LogP) is 3.60. The van der Waals surface area contributed by atoms with Crippen LogP contribution in [-0.4, -0.2) is 30.3 Å². The summed E-state index contributed by atoms with van der Waals surface area (Å²) in [6.07, 6.45) is 4.61. The Morgan fingerprint density at radius 3 is 2.38 bits per heavy atom. The molecule has 0 radical (unpaired) electrons. The number of nitrogens with zero attached hydrogens (tertiary/aromatic N) is 1. The van der Waals surface area contributed by atoms with Crippen molar-refractivity contribution < 1.29 is 4.79 Å². The zero-order chi connectivity index (χ0) is 18.2. The molecule has 2 N–H and O–H groups in total. The van der Waals surface area contributed by atoms with E-state index >= 15 is 0 Å². The average Bonchev–Trinajstić information content (AvgIpc) is 2.69. The van der Waals surface area contributed by atoms with E-state index in [1.165, 1.54) is 16.7 Å². The summed E-state index contributed by atoms with van der Waals surface area (Å²) in [5, 5.41) is 0. The quantitative estimate of drug-likeness (QED) is 0.791. The highest BCUT2D eigenvalue weighted by molar-refractivity contribution is 5.81. The first-order valence-corrected chi connectivity index (χ1v) is 9.81. The fourth-order valence-corrected chi connectivity index (χ4v) is 3.81.